The number of hydrogen-bond donors (Lipinski definition) is 3. The first-order chi connectivity index (χ1) is 22.6. The fraction of sp³-hybridized carbons (Fsp3) is 0.606. The summed E-state index contributed by atoms with van der Waals surface area (Å²) in [6, 6.07) is 2.41. The van der Waals surface area contributed by atoms with Gasteiger partial charge in [0.2, 0.25) is 21.8 Å². The molecule has 13 nitrogen and oxygen atoms in total. The zero-order valence-electron chi connectivity index (χ0n) is 27.3. The van der Waals surface area contributed by atoms with Crippen LogP contribution in [-0.4, -0.2) is 84.2 Å². The fourth-order valence-corrected chi connectivity index (χ4v) is 7.47. The van der Waals surface area contributed by atoms with Crippen molar-refractivity contribution in [2.45, 2.75) is 113 Å². The molecule has 48 heavy (non-hydrogen) atoms. The van der Waals surface area contributed by atoms with E-state index in [2.05, 4.69) is 15.4 Å². The zero-order chi connectivity index (χ0) is 34.9. The number of carbonyl (C=O) groups excluding carboxylic acids is 5. The van der Waals surface area contributed by atoms with Gasteiger partial charge in [-0.15, -0.1) is 0 Å². The average molecular weight is 691 g/mol. The molecule has 3 N–H and O–H groups in total. The summed E-state index contributed by atoms with van der Waals surface area (Å²) in [6.45, 7) is 4.86. The Balaban J connectivity index is 1.42. The lowest BCUT2D eigenvalue weighted by atomic mass is 10.0. The number of alkyl carbamates (subject to hydrolysis) is 1. The quantitative estimate of drug-likeness (QED) is 0.299. The Morgan fingerprint density at radius 3 is 2.42 bits per heavy atom. The molecule has 0 aromatic heterocycles. The first kappa shape index (κ1) is 35.3. The number of halogens is 1. The Labute approximate surface area is 279 Å². The van der Waals surface area contributed by atoms with Crippen LogP contribution in [0.2, 0.25) is 0 Å². The minimum Gasteiger partial charge on any atom is -0.457 e. The number of rotatable bonds is 6. The van der Waals surface area contributed by atoms with Gasteiger partial charge in [-0.3, -0.25) is 19.1 Å². The number of benzene rings is 1. The molecular formula is C33H43FN4O9S. The van der Waals surface area contributed by atoms with Crippen molar-refractivity contribution in [3.8, 4) is 0 Å². The van der Waals surface area contributed by atoms with Crippen LogP contribution >= 0.6 is 0 Å². The summed E-state index contributed by atoms with van der Waals surface area (Å²) < 4.78 is 52.0. The van der Waals surface area contributed by atoms with E-state index in [-0.39, 0.29) is 31.4 Å². The van der Waals surface area contributed by atoms with Crippen LogP contribution in [0.3, 0.4) is 0 Å². The number of hydrogen-bond acceptors (Lipinski definition) is 9. The maximum absolute atomic E-state index is 14.1. The second-order valence-electron chi connectivity index (χ2n) is 14.0. The Morgan fingerprint density at radius 1 is 1.04 bits per heavy atom. The van der Waals surface area contributed by atoms with Gasteiger partial charge in [-0.05, 0) is 83.6 Å². The van der Waals surface area contributed by atoms with Gasteiger partial charge in [0.15, 0.2) is 0 Å². The lowest BCUT2D eigenvalue weighted by Crippen LogP contribution is -2.58. The number of sulfonamides is 1. The molecule has 2 heterocycles. The molecule has 1 aromatic rings. The Kier molecular flexibility index (Phi) is 10.2. The predicted octanol–water partition coefficient (Wildman–Crippen LogP) is 2.85. The van der Waals surface area contributed by atoms with Gasteiger partial charge in [-0.1, -0.05) is 25.0 Å². The van der Waals surface area contributed by atoms with E-state index in [1.165, 1.54) is 17.0 Å². The van der Waals surface area contributed by atoms with Gasteiger partial charge in [0.05, 0.1) is 17.4 Å². The van der Waals surface area contributed by atoms with Crippen molar-refractivity contribution >= 4 is 39.8 Å². The first-order valence-electron chi connectivity index (χ1n) is 16.4. The first-order valence-corrected chi connectivity index (χ1v) is 17.9. The molecule has 1 saturated heterocycles. The summed E-state index contributed by atoms with van der Waals surface area (Å²) in [7, 11) is -3.91. The van der Waals surface area contributed by atoms with E-state index in [1.807, 2.05) is 6.08 Å². The number of nitrogens with zero attached hydrogens (tertiary/aromatic N) is 1. The molecule has 2 aliphatic heterocycles. The van der Waals surface area contributed by atoms with Gasteiger partial charge < -0.3 is 25.0 Å². The second kappa shape index (κ2) is 13.8. The Hall–Kier alpha value is -4.01. The zero-order valence-corrected chi connectivity index (χ0v) is 28.1. The number of allylic oxidation sites excluding steroid dienone is 1. The third kappa shape index (κ3) is 8.52. The van der Waals surface area contributed by atoms with Crippen LogP contribution in [0.4, 0.5) is 9.18 Å². The van der Waals surface area contributed by atoms with E-state index in [1.54, 1.807) is 26.8 Å². The van der Waals surface area contributed by atoms with Crippen LogP contribution < -0.4 is 15.4 Å². The topological polar surface area (TPSA) is 177 Å². The van der Waals surface area contributed by atoms with Crippen molar-refractivity contribution in [3.05, 3.63) is 47.8 Å². The van der Waals surface area contributed by atoms with Gasteiger partial charge in [-0.25, -0.2) is 22.4 Å². The maximum atomic E-state index is 14.1. The second-order valence-corrected chi connectivity index (χ2v) is 15.9. The van der Waals surface area contributed by atoms with E-state index in [9.17, 15) is 36.8 Å². The van der Waals surface area contributed by atoms with Crippen molar-refractivity contribution in [1.82, 2.24) is 20.3 Å². The largest absolute Gasteiger partial charge is 0.457 e. The van der Waals surface area contributed by atoms with E-state index >= 15 is 0 Å². The molecule has 4 amide bonds. The van der Waals surface area contributed by atoms with Gasteiger partial charge in [0.25, 0.3) is 5.91 Å². The van der Waals surface area contributed by atoms with Crippen LogP contribution in [0, 0.1) is 11.7 Å². The Morgan fingerprint density at radius 2 is 1.75 bits per heavy atom. The summed E-state index contributed by atoms with van der Waals surface area (Å²) >= 11 is 0. The van der Waals surface area contributed by atoms with Crippen LogP contribution in [0.1, 0.15) is 88.9 Å². The van der Waals surface area contributed by atoms with Gasteiger partial charge in [-0.2, -0.15) is 0 Å². The highest BCUT2D eigenvalue weighted by Crippen LogP contribution is 2.46. The third-order valence-electron chi connectivity index (χ3n) is 8.89. The highest BCUT2D eigenvalue weighted by Gasteiger charge is 2.62. The molecule has 0 spiro atoms. The molecule has 5 unspecified atom stereocenters. The molecule has 3 fully saturated rings. The predicted molar refractivity (Wildman–Crippen MR) is 170 cm³/mol. The van der Waals surface area contributed by atoms with Gasteiger partial charge >= 0.3 is 12.1 Å². The van der Waals surface area contributed by atoms with Crippen LogP contribution in [0.25, 0.3) is 0 Å². The third-order valence-corrected chi connectivity index (χ3v) is 10.7. The number of carbonyl (C=O) groups is 5. The number of amides is 4. The lowest BCUT2D eigenvalue weighted by Gasteiger charge is -2.30. The smallest absolute Gasteiger partial charge is 0.408 e. The molecule has 4 aliphatic rings. The number of ether oxygens (including phenoxy) is 2. The monoisotopic (exact) mass is 690 g/mol. The molecule has 262 valence electrons. The SMILES string of the molecule is CC(C)(C)OC(=O)NC1CCCCC/C=C/C2CC2(C(=O)NS(=O)(=O)C2CC2)NC(=O)C2CC(OC(=O)c3ccc(F)cc3)CN2C1=O. The molecule has 5 rings (SSSR count). The molecule has 0 bridgehead atoms. The van der Waals surface area contributed by atoms with Crippen molar-refractivity contribution in [3.63, 3.8) is 0 Å². The molecule has 2 saturated carbocycles. The fourth-order valence-electron chi connectivity index (χ4n) is 6.10. The van der Waals surface area contributed by atoms with Crippen molar-refractivity contribution in [1.29, 1.82) is 0 Å². The molecule has 1 aromatic carbocycles. The van der Waals surface area contributed by atoms with Crippen LogP contribution in [-0.2, 0) is 33.9 Å². The molecule has 0 radical (unpaired) electrons. The Bertz CT molecular complexity index is 1570. The van der Waals surface area contributed by atoms with Crippen molar-refractivity contribution in [2.75, 3.05) is 6.54 Å². The van der Waals surface area contributed by atoms with Crippen LogP contribution in [0.15, 0.2) is 36.4 Å². The van der Waals surface area contributed by atoms with E-state index < -0.39 is 86.1 Å². The molecular weight excluding hydrogens is 647 g/mol. The highest BCUT2D eigenvalue weighted by molar-refractivity contribution is 7.91. The summed E-state index contributed by atoms with van der Waals surface area (Å²) in [5, 5.41) is 4.74. The van der Waals surface area contributed by atoms with Crippen LogP contribution in [0.5, 0.6) is 0 Å². The molecule has 2 aliphatic carbocycles. The van der Waals surface area contributed by atoms with Gasteiger partial charge in [0.1, 0.15) is 35.1 Å². The number of nitrogens with one attached hydrogen (secondary N) is 3. The summed E-state index contributed by atoms with van der Waals surface area (Å²) in [5.74, 6) is -3.98. The normalized spacial score (nSPS) is 28.8. The highest BCUT2D eigenvalue weighted by atomic mass is 32.2. The number of esters is 1. The lowest BCUT2D eigenvalue weighted by molar-refractivity contribution is -0.141. The van der Waals surface area contributed by atoms with Crippen molar-refractivity contribution in [2.24, 2.45) is 5.92 Å². The summed E-state index contributed by atoms with van der Waals surface area (Å²) in [5.41, 5.74) is -2.32. The van der Waals surface area contributed by atoms with Crippen molar-refractivity contribution < 1.29 is 46.3 Å². The standard InChI is InChI=1S/C33H43FN4O9S/c1-32(2,3)47-31(43)35-25-10-8-6-4-5-7-9-21-18-33(21,30(42)37-48(44,45)24-15-16-24)36-27(39)26-17-23(19-38(26)28(25)40)46-29(41)20-11-13-22(34)14-12-20/h7,9,11-14,21,23-26H,4-6,8,10,15-19H2,1-3H3,(H,35,43)(H,36,39)(H,37,42)/b9-7+. The minimum absolute atomic E-state index is 0.0706. The van der Waals surface area contributed by atoms with E-state index in [0.717, 1.165) is 25.0 Å². The average Bonchev–Trinajstić information content (AvgIpc) is 3.92. The number of fused-ring (bicyclic) bond motifs is 2. The molecule has 15 heteroatoms. The summed E-state index contributed by atoms with van der Waals surface area (Å²) in [4.78, 5) is 68.6. The van der Waals surface area contributed by atoms with Gasteiger partial charge in [0, 0.05) is 12.3 Å². The van der Waals surface area contributed by atoms with E-state index in [4.69, 9.17) is 9.47 Å². The molecule has 5 atom stereocenters. The maximum Gasteiger partial charge on any atom is 0.408 e. The summed E-state index contributed by atoms with van der Waals surface area (Å²) in [6.07, 6.45) is 5.81. The van der Waals surface area contributed by atoms with E-state index in [0.29, 0.717) is 25.7 Å². The minimum atomic E-state index is -3.91.